The number of aliphatic hydroxyl groups is 1. The van der Waals surface area contributed by atoms with Crippen LogP contribution in [-0.2, 0) is 14.2 Å². The smallest absolute Gasteiger partial charge is 0.248 e. The Morgan fingerprint density at radius 3 is 2.59 bits per heavy atom. The highest BCUT2D eigenvalue weighted by Gasteiger charge is 2.56. The first-order chi connectivity index (χ1) is 10.5. The molecule has 0 aliphatic carbocycles. The second-order valence-corrected chi connectivity index (χ2v) is 5.83. The molecule has 2 aromatic rings. The van der Waals surface area contributed by atoms with Crippen LogP contribution in [0.25, 0.3) is 11.5 Å². The second-order valence-electron chi connectivity index (χ2n) is 5.83. The van der Waals surface area contributed by atoms with E-state index < -0.39 is 30.4 Å². The normalized spacial score (nSPS) is 33.0. The third kappa shape index (κ3) is 2.22. The van der Waals surface area contributed by atoms with Gasteiger partial charge in [0.1, 0.15) is 12.2 Å². The number of fused-ring (bicyclic) bond motifs is 1. The zero-order chi connectivity index (χ0) is 15.3. The molecule has 2 aliphatic rings. The quantitative estimate of drug-likeness (QED) is 0.902. The van der Waals surface area contributed by atoms with Crippen LogP contribution in [-0.4, -0.2) is 39.6 Å². The first-order valence-corrected chi connectivity index (χ1v) is 7.11. The molecule has 2 saturated heterocycles. The number of ether oxygens (including phenoxy) is 3. The Kier molecular flexibility index (Phi) is 3.05. The lowest BCUT2D eigenvalue weighted by Gasteiger charge is -2.21. The molecule has 0 amide bonds. The van der Waals surface area contributed by atoms with Crippen LogP contribution in [0.4, 0.5) is 0 Å². The minimum Gasteiger partial charge on any atom is -0.418 e. The van der Waals surface area contributed by atoms with Crippen molar-refractivity contribution in [2.24, 2.45) is 0 Å². The van der Waals surface area contributed by atoms with Gasteiger partial charge in [0.05, 0.1) is 0 Å². The summed E-state index contributed by atoms with van der Waals surface area (Å²) in [6, 6.07) is 9.41. The lowest BCUT2D eigenvalue weighted by atomic mass is 10.1. The lowest BCUT2D eigenvalue weighted by Crippen LogP contribution is -2.31. The van der Waals surface area contributed by atoms with Crippen molar-refractivity contribution in [3.05, 3.63) is 36.2 Å². The first-order valence-electron chi connectivity index (χ1n) is 7.11. The summed E-state index contributed by atoms with van der Waals surface area (Å²) >= 11 is 0. The van der Waals surface area contributed by atoms with Gasteiger partial charge in [-0.1, -0.05) is 18.2 Å². The molecule has 1 aromatic heterocycles. The highest BCUT2D eigenvalue weighted by Crippen LogP contribution is 2.43. The van der Waals surface area contributed by atoms with Gasteiger partial charge in [0.15, 0.2) is 18.2 Å². The zero-order valence-electron chi connectivity index (χ0n) is 12.2. The molecule has 1 aromatic carbocycles. The molecule has 0 saturated carbocycles. The van der Waals surface area contributed by atoms with Crippen molar-refractivity contribution in [1.29, 1.82) is 0 Å². The van der Waals surface area contributed by atoms with Gasteiger partial charge in [0.25, 0.3) is 0 Å². The Balaban J connectivity index is 1.56. The van der Waals surface area contributed by atoms with Crippen LogP contribution in [0.3, 0.4) is 0 Å². The molecule has 116 valence electrons. The highest BCUT2D eigenvalue weighted by atomic mass is 16.8. The fourth-order valence-corrected chi connectivity index (χ4v) is 2.74. The number of aromatic nitrogens is 2. The molecule has 0 radical (unpaired) electrons. The van der Waals surface area contributed by atoms with Gasteiger partial charge in [-0.15, -0.1) is 10.2 Å². The predicted octanol–water partition coefficient (Wildman–Crippen LogP) is 1.65. The third-order valence-electron chi connectivity index (χ3n) is 3.72. The molecule has 3 heterocycles. The van der Waals surface area contributed by atoms with Gasteiger partial charge in [-0.05, 0) is 26.0 Å². The second kappa shape index (κ2) is 4.85. The molecular weight excluding hydrogens is 288 g/mol. The van der Waals surface area contributed by atoms with Gasteiger partial charge in [-0.3, -0.25) is 0 Å². The maximum Gasteiger partial charge on any atom is 0.248 e. The SMILES string of the molecule is CC1(C)O[C@H]2O[C@H](c3nnc(-c4ccccc4)o3)[C@H](O)[C@H]2O1. The molecule has 4 rings (SSSR count). The average Bonchev–Trinajstić information content (AvgIpc) is 3.15. The van der Waals surface area contributed by atoms with Crippen molar-refractivity contribution in [3.8, 4) is 11.5 Å². The summed E-state index contributed by atoms with van der Waals surface area (Å²) in [5, 5.41) is 18.3. The topological polar surface area (TPSA) is 86.8 Å². The Morgan fingerprint density at radius 2 is 1.86 bits per heavy atom. The average molecular weight is 304 g/mol. The lowest BCUT2D eigenvalue weighted by molar-refractivity contribution is -0.218. The van der Waals surface area contributed by atoms with E-state index in [-0.39, 0.29) is 5.89 Å². The van der Waals surface area contributed by atoms with Crippen LogP contribution < -0.4 is 0 Å². The van der Waals surface area contributed by atoms with Crippen LogP contribution >= 0.6 is 0 Å². The van der Waals surface area contributed by atoms with Gasteiger partial charge in [-0.25, -0.2) is 0 Å². The minimum atomic E-state index is -0.921. The molecule has 22 heavy (non-hydrogen) atoms. The first kappa shape index (κ1) is 13.8. The van der Waals surface area contributed by atoms with Gasteiger partial charge in [0, 0.05) is 5.56 Å². The predicted molar refractivity (Wildman–Crippen MR) is 73.4 cm³/mol. The van der Waals surface area contributed by atoms with E-state index in [2.05, 4.69) is 10.2 Å². The van der Waals surface area contributed by atoms with Crippen molar-refractivity contribution in [3.63, 3.8) is 0 Å². The monoisotopic (exact) mass is 304 g/mol. The fourth-order valence-electron chi connectivity index (χ4n) is 2.74. The summed E-state index contributed by atoms with van der Waals surface area (Å²) in [5.41, 5.74) is 0.808. The molecule has 4 atom stereocenters. The highest BCUT2D eigenvalue weighted by molar-refractivity contribution is 5.51. The minimum absolute atomic E-state index is 0.214. The molecule has 7 heteroatoms. The maximum atomic E-state index is 10.4. The van der Waals surface area contributed by atoms with E-state index >= 15 is 0 Å². The van der Waals surface area contributed by atoms with Crippen molar-refractivity contribution in [2.75, 3.05) is 0 Å². The standard InChI is InChI=1S/C15H16N2O5/c1-15(2)21-11-9(18)10(19-14(11)22-15)13-17-16-12(20-13)8-6-4-3-5-7-8/h3-7,9-11,14,18H,1-2H3/t9-,10-,11+,14+/m0/s1. The van der Waals surface area contributed by atoms with Gasteiger partial charge in [0.2, 0.25) is 11.8 Å². The van der Waals surface area contributed by atoms with Crippen LogP contribution in [0, 0.1) is 0 Å². The van der Waals surface area contributed by atoms with Crippen LogP contribution in [0.2, 0.25) is 0 Å². The molecule has 0 spiro atoms. The van der Waals surface area contributed by atoms with Crippen LogP contribution in [0.5, 0.6) is 0 Å². The summed E-state index contributed by atoms with van der Waals surface area (Å²) < 4.78 is 22.5. The molecule has 7 nitrogen and oxygen atoms in total. The Hall–Kier alpha value is -1.80. The Bertz CT molecular complexity index is 672. The van der Waals surface area contributed by atoms with E-state index in [4.69, 9.17) is 18.6 Å². The molecule has 2 aliphatic heterocycles. The number of hydrogen-bond acceptors (Lipinski definition) is 7. The summed E-state index contributed by atoms with van der Waals surface area (Å²) in [7, 11) is 0. The largest absolute Gasteiger partial charge is 0.418 e. The van der Waals surface area contributed by atoms with Gasteiger partial charge < -0.3 is 23.7 Å². The Labute approximate surface area is 126 Å². The third-order valence-corrected chi connectivity index (χ3v) is 3.72. The van der Waals surface area contributed by atoms with E-state index in [0.29, 0.717) is 5.89 Å². The number of rotatable bonds is 2. The Morgan fingerprint density at radius 1 is 1.09 bits per heavy atom. The van der Waals surface area contributed by atoms with Crippen molar-refractivity contribution >= 4 is 0 Å². The molecule has 1 N–H and O–H groups in total. The van der Waals surface area contributed by atoms with E-state index in [1.54, 1.807) is 13.8 Å². The van der Waals surface area contributed by atoms with E-state index in [1.165, 1.54) is 0 Å². The zero-order valence-corrected chi connectivity index (χ0v) is 12.2. The number of aliphatic hydroxyl groups excluding tert-OH is 1. The number of nitrogens with zero attached hydrogens (tertiary/aromatic N) is 2. The summed E-state index contributed by atoms with van der Waals surface area (Å²) in [6.45, 7) is 3.55. The fraction of sp³-hybridized carbons (Fsp3) is 0.467. The molecule has 2 fully saturated rings. The van der Waals surface area contributed by atoms with Gasteiger partial charge >= 0.3 is 0 Å². The summed E-state index contributed by atoms with van der Waals surface area (Å²) in [4.78, 5) is 0. The summed E-state index contributed by atoms with van der Waals surface area (Å²) in [5.74, 6) is -0.179. The van der Waals surface area contributed by atoms with Crippen molar-refractivity contribution in [1.82, 2.24) is 10.2 Å². The molecular formula is C15H16N2O5. The van der Waals surface area contributed by atoms with E-state index in [0.717, 1.165) is 5.56 Å². The van der Waals surface area contributed by atoms with Crippen LogP contribution in [0.15, 0.2) is 34.7 Å². The van der Waals surface area contributed by atoms with Crippen LogP contribution in [0.1, 0.15) is 25.8 Å². The van der Waals surface area contributed by atoms with Gasteiger partial charge in [-0.2, -0.15) is 0 Å². The van der Waals surface area contributed by atoms with E-state index in [9.17, 15) is 5.11 Å². The molecule has 0 bridgehead atoms. The molecule has 0 unspecified atom stereocenters. The maximum absolute atomic E-state index is 10.4. The van der Waals surface area contributed by atoms with E-state index in [1.807, 2.05) is 30.3 Å². The number of benzene rings is 1. The van der Waals surface area contributed by atoms with Crippen molar-refractivity contribution < 1.29 is 23.7 Å². The van der Waals surface area contributed by atoms with Crippen molar-refractivity contribution in [2.45, 2.75) is 44.2 Å². The number of hydrogen-bond donors (Lipinski definition) is 1. The summed E-state index contributed by atoms with van der Waals surface area (Å²) in [6.07, 6.45) is -2.87.